The molecule has 10 heteroatoms. The number of rotatable bonds is 7. The van der Waals surface area contributed by atoms with Crippen LogP contribution in [0.2, 0.25) is 0 Å². The van der Waals surface area contributed by atoms with Crippen molar-refractivity contribution in [2.75, 3.05) is 19.0 Å². The van der Waals surface area contributed by atoms with Crippen LogP contribution in [0.1, 0.15) is 27.4 Å². The Labute approximate surface area is 222 Å². The number of carbonyl (C=O) groups excluding carboxylic acids is 4. The molecular formula is C28H23N3O6S. The van der Waals surface area contributed by atoms with Crippen LogP contribution in [0.25, 0.3) is 17.0 Å². The standard InChI is InChI=1S/C28H23N3O6S/c1-17-7-9-19(10-8-17)29-25(32)16-31-26(33)24(38-28(31)35)13-18-14-30(22-6-4-3-5-21(18)22)15-20-11-12-23(37-20)27(34)36-2/h3-14H,15-16H2,1-2H3,(H,29,32)/b24-13-. The molecule has 9 nitrogen and oxygen atoms in total. The fourth-order valence-corrected chi connectivity index (χ4v) is 4.95. The second kappa shape index (κ2) is 10.4. The van der Waals surface area contributed by atoms with E-state index in [0.29, 0.717) is 18.0 Å². The van der Waals surface area contributed by atoms with Crippen LogP contribution in [0.4, 0.5) is 10.5 Å². The van der Waals surface area contributed by atoms with E-state index in [0.717, 1.165) is 38.7 Å². The summed E-state index contributed by atoms with van der Waals surface area (Å²) in [5.74, 6) is -0.877. The molecule has 5 rings (SSSR count). The molecule has 0 saturated carbocycles. The molecule has 3 heterocycles. The Morgan fingerprint density at radius 1 is 1.05 bits per heavy atom. The van der Waals surface area contributed by atoms with Gasteiger partial charge in [0.15, 0.2) is 0 Å². The molecule has 0 radical (unpaired) electrons. The van der Waals surface area contributed by atoms with Gasteiger partial charge >= 0.3 is 5.97 Å². The van der Waals surface area contributed by atoms with Crippen LogP contribution in [0.3, 0.4) is 0 Å². The molecule has 0 spiro atoms. The van der Waals surface area contributed by atoms with Crippen LogP contribution in [-0.2, 0) is 20.9 Å². The number of amides is 3. The highest BCUT2D eigenvalue weighted by atomic mass is 32.2. The first-order chi connectivity index (χ1) is 18.3. The van der Waals surface area contributed by atoms with Gasteiger partial charge in [-0.15, -0.1) is 0 Å². The summed E-state index contributed by atoms with van der Waals surface area (Å²) in [5, 5.41) is 3.08. The van der Waals surface area contributed by atoms with Gasteiger partial charge in [0.25, 0.3) is 11.1 Å². The number of anilines is 1. The maximum absolute atomic E-state index is 13.1. The smallest absolute Gasteiger partial charge is 0.373 e. The van der Waals surface area contributed by atoms with Gasteiger partial charge in [0.2, 0.25) is 11.7 Å². The number of aromatic nitrogens is 1. The topological polar surface area (TPSA) is 111 Å². The zero-order valence-corrected chi connectivity index (χ0v) is 21.4. The summed E-state index contributed by atoms with van der Waals surface area (Å²) in [4.78, 5) is 51.0. The van der Waals surface area contributed by atoms with E-state index in [2.05, 4.69) is 5.32 Å². The van der Waals surface area contributed by atoms with E-state index < -0.39 is 23.0 Å². The Hall–Kier alpha value is -4.57. The number of hydrogen-bond donors (Lipinski definition) is 1. The number of methoxy groups -OCH3 is 1. The Morgan fingerprint density at radius 3 is 2.58 bits per heavy atom. The lowest BCUT2D eigenvalue weighted by Gasteiger charge is -2.12. The molecule has 192 valence electrons. The fourth-order valence-electron chi connectivity index (χ4n) is 4.12. The number of para-hydroxylation sites is 1. The normalized spacial score (nSPS) is 14.5. The number of furan rings is 1. The SMILES string of the molecule is COC(=O)c1ccc(Cn2cc(/C=C3\SC(=O)N(CC(=O)Nc4ccc(C)cc4)C3=O)c3ccccc32)o1. The Morgan fingerprint density at radius 2 is 1.82 bits per heavy atom. The maximum Gasteiger partial charge on any atom is 0.373 e. The number of benzene rings is 2. The third kappa shape index (κ3) is 5.12. The second-order valence-corrected chi connectivity index (χ2v) is 9.66. The molecule has 1 fully saturated rings. The lowest BCUT2D eigenvalue weighted by Crippen LogP contribution is -2.36. The van der Waals surface area contributed by atoms with Crippen molar-refractivity contribution in [3.63, 3.8) is 0 Å². The molecule has 0 unspecified atom stereocenters. The Kier molecular flexibility index (Phi) is 6.89. The summed E-state index contributed by atoms with van der Waals surface area (Å²) in [5.41, 5.74) is 3.25. The number of hydrogen-bond acceptors (Lipinski definition) is 7. The summed E-state index contributed by atoms with van der Waals surface area (Å²) in [6, 6.07) is 18.1. The summed E-state index contributed by atoms with van der Waals surface area (Å²) >= 11 is 0.797. The summed E-state index contributed by atoms with van der Waals surface area (Å²) < 4.78 is 12.2. The molecule has 1 N–H and O–H groups in total. The average molecular weight is 530 g/mol. The quantitative estimate of drug-likeness (QED) is 0.263. The van der Waals surface area contributed by atoms with Crippen molar-refractivity contribution in [1.82, 2.24) is 9.47 Å². The molecule has 0 aliphatic carbocycles. The van der Waals surface area contributed by atoms with Gasteiger partial charge in [0.1, 0.15) is 12.3 Å². The molecule has 2 aromatic heterocycles. The second-order valence-electron chi connectivity index (χ2n) is 8.67. The van der Waals surface area contributed by atoms with Crippen molar-refractivity contribution >= 4 is 57.5 Å². The van der Waals surface area contributed by atoms with E-state index in [1.165, 1.54) is 7.11 Å². The maximum atomic E-state index is 13.1. The molecule has 2 aromatic carbocycles. The summed E-state index contributed by atoms with van der Waals surface area (Å²) in [6.07, 6.45) is 3.51. The molecular weight excluding hydrogens is 506 g/mol. The first kappa shape index (κ1) is 25.1. The molecule has 0 bridgehead atoms. The van der Waals surface area contributed by atoms with Gasteiger partial charge in [0.05, 0.1) is 18.6 Å². The number of nitrogens with one attached hydrogen (secondary N) is 1. The highest BCUT2D eigenvalue weighted by Crippen LogP contribution is 2.34. The van der Waals surface area contributed by atoms with Crippen molar-refractivity contribution in [1.29, 1.82) is 0 Å². The van der Waals surface area contributed by atoms with Crippen LogP contribution in [0, 0.1) is 6.92 Å². The van der Waals surface area contributed by atoms with Crippen LogP contribution < -0.4 is 5.32 Å². The van der Waals surface area contributed by atoms with Gasteiger partial charge in [-0.2, -0.15) is 0 Å². The first-order valence-corrected chi connectivity index (χ1v) is 12.5. The zero-order valence-electron chi connectivity index (χ0n) is 20.6. The molecule has 38 heavy (non-hydrogen) atoms. The van der Waals surface area contributed by atoms with Crippen LogP contribution in [0.5, 0.6) is 0 Å². The van der Waals surface area contributed by atoms with Gasteiger partial charge in [-0.1, -0.05) is 35.9 Å². The molecule has 3 amide bonds. The Bertz CT molecular complexity index is 1600. The van der Waals surface area contributed by atoms with Crippen molar-refractivity contribution in [2.24, 2.45) is 0 Å². The lowest BCUT2D eigenvalue weighted by atomic mass is 10.1. The van der Waals surface area contributed by atoms with E-state index in [1.54, 1.807) is 30.3 Å². The minimum absolute atomic E-state index is 0.110. The average Bonchev–Trinajstić information content (AvgIpc) is 3.59. The Balaban J connectivity index is 1.36. The van der Waals surface area contributed by atoms with Gasteiger partial charge < -0.3 is 19.0 Å². The number of fused-ring (bicyclic) bond motifs is 1. The highest BCUT2D eigenvalue weighted by Gasteiger charge is 2.36. The van der Waals surface area contributed by atoms with E-state index in [4.69, 9.17) is 9.15 Å². The van der Waals surface area contributed by atoms with Crippen LogP contribution in [-0.4, -0.2) is 46.1 Å². The highest BCUT2D eigenvalue weighted by molar-refractivity contribution is 8.18. The first-order valence-electron chi connectivity index (χ1n) is 11.7. The van der Waals surface area contributed by atoms with E-state index >= 15 is 0 Å². The van der Waals surface area contributed by atoms with Gasteiger partial charge in [0, 0.05) is 28.4 Å². The number of thioether (sulfide) groups is 1. The van der Waals surface area contributed by atoms with Gasteiger partial charge in [-0.05, 0) is 55.1 Å². The van der Waals surface area contributed by atoms with E-state index in [-0.39, 0.29) is 17.2 Å². The largest absolute Gasteiger partial charge is 0.463 e. The van der Waals surface area contributed by atoms with Crippen molar-refractivity contribution in [3.05, 3.63) is 94.4 Å². The summed E-state index contributed by atoms with van der Waals surface area (Å²) in [7, 11) is 1.29. The van der Waals surface area contributed by atoms with Crippen LogP contribution >= 0.6 is 11.8 Å². The van der Waals surface area contributed by atoms with Crippen molar-refractivity contribution in [2.45, 2.75) is 13.5 Å². The molecule has 1 aliphatic rings. The van der Waals surface area contributed by atoms with Crippen molar-refractivity contribution < 1.29 is 28.3 Å². The van der Waals surface area contributed by atoms with Gasteiger partial charge in [-0.25, -0.2) is 4.79 Å². The molecule has 0 atom stereocenters. The predicted octanol–water partition coefficient (Wildman–Crippen LogP) is 5.05. The predicted molar refractivity (Wildman–Crippen MR) is 144 cm³/mol. The number of nitrogens with zero attached hydrogens (tertiary/aromatic N) is 2. The minimum Gasteiger partial charge on any atom is -0.463 e. The molecule has 1 aliphatic heterocycles. The summed E-state index contributed by atoms with van der Waals surface area (Å²) in [6.45, 7) is 1.90. The number of ether oxygens (including phenoxy) is 1. The van der Waals surface area contributed by atoms with E-state index in [9.17, 15) is 19.2 Å². The minimum atomic E-state index is -0.558. The molecule has 1 saturated heterocycles. The zero-order chi connectivity index (χ0) is 26.8. The number of imide groups is 1. The van der Waals surface area contributed by atoms with Crippen LogP contribution in [0.15, 0.2) is 76.2 Å². The number of esters is 1. The third-order valence-electron chi connectivity index (χ3n) is 5.99. The van der Waals surface area contributed by atoms with Gasteiger partial charge in [-0.3, -0.25) is 19.3 Å². The monoisotopic (exact) mass is 529 g/mol. The van der Waals surface area contributed by atoms with E-state index in [1.807, 2.05) is 54.1 Å². The third-order valence-corrected chi connectivity index (χ3v) is 6.90. The number of aryl methyl sites for hydroxylation is 1. The lowest BCUT2D eigenvalue weighted by molar-refractivity contribution is -0.127. The van der Waals surface area contributed by atoms with Crippen molar-refractivity contribution in [3.8, 4) is 0 Å². The number of carbonyl (C=O) groups is 4. The fraction of sp³-hybridized carbons (Fsp3) is 0.143. The molecule has 4 aromatic rings.